The lowest BCUT2D eigenvalue weighted by atomic mass is 10.1. The molecule has 0 bridgehead atoms. The lowest BCUT2D eigenvalue weighted by Crippen LogP contribution is -2.25. The van der Waals surface area contributed by atoms with Crippen LogP contribution in [0.4, 0.5) is 0 Å². The van der Waals surface area contributed by atoms with Gasteiger partial charge in [-0.05, 0) is 24.0 Å². The third-order valence-electron chi connectivity index (χ3n) is 2.52. The molecule has 0 saturated carbocycles. The fourth-order valence-corrected chi connectivity index (χ4v) is 1.48. The minimum Gasteiger partial charge on any atom is -0.392 e. The summed E-state index contributed by atoms with van der Waals surface area (Å²) in [5.41, 5.74) is 2.06. The average molecular weight is 233 g/mol. The summed E-state index contributed by atoms with van der Waals surface area (Å²) in [6.45, 7) is 4.29. The summed E-state index contributed by atoms with van der Waals surface area (Å²) >= 11 is 0. The lowest BCUT2D eigenvalue weighted by Gasteiger charge is -2.05. The largest absolute Gasteiger partial charge is 0.392 e. The first kappa shape index (κ1) is 13.5. The normalized spacial score (nSPS) is 9.94. The van der Waals surface area contributed by atoms with Crippen LogP contribution in [0.3, 0.4) is 0 Å². The molecule has 3 heteroatoms. The van der Waals surface area contributed by atoms with Crippen LogP contribution < -0.4 is 5.32 Å². The van der Waals surface area contributed by atoms with E-state index >= 15 is 0 Å². The van der Waals surface area contributed by atoms with Crippen molar-refractivity contribution in [2.24, 2.45) is 0 Å². The topological polar surface area (TPSA) is 49.3 Å². The van der Waals surface area contributed by atoms with Crippen molar-refractivity contribution in [1.29, 1.82) is 0 Å². The molecular weight excluding hydrogens is 214 g/mol. The summed E-state index contributed by atoms with van der Waals surface area (Å²) in [5, 5.41) is 11.8. The smallest absolute Gasteiger partial charge is 0.220 e. The summed E-state index contributed by atoms with van der Waals surface area (Å²) in [6.07, 6.45) is 3.78. The number of hydrogen-bond acceptors (Lipinski definition) is 2. The van der Waals surface area contributed by atoms with Gasteiger partial charge < -0.3 is 10.4 Å². The van der Waals surface area contributed by atoms with Crippen LogP contribution in [0.1, 0.15) is 24.0 Å². The van der Waals surface area contributed by atoms with Gasteiger partial charge in [0.25, 0.3) is 0 Å². The van der Waals surface area contributed by atoms with Crippen molar-refractivity contribution in [3.8, 4) is 0 Å². The van der Waals surface area contributed by atoms with E-state index in [1.54, 1.807) is 6.08 Å². The standard InChI is InChI=1S/C14H19NO2/c1-2-3-4-14(17)15-10-9-12-5-7-13(11-16)8-6-12/h2,5-8,16H,1,3-4,9-11H2,(H,15,17). The Hall–Kier alpha value is -1.61. The van der Waals surface area contributed by atoms with Crippen LogP contribution in [-0.4, -0.2) is 17.6 Å². The number of carbonyl (C=O) groups is 1. The minimum atomic E-state index is 0.0666. The second kappa shape index (κ2) is 7.63. The van der Waals surface area contributed by atoms with Gasteiger partial charge in [0.05, 0.1) is 6.61 Å². The number of hydrogen-bond donors (Lipinski definition) is 2. The number of allylic oxidation sites excluding steroid dienone is 1. The van der Waals surface area contributed by atoms with Crippen molar-refractivity contribution < 1.29 is 9.90 Å². The van der Waals surface area contributed by atoms with E-state index in [2.05, 4.69) is 11.9 Å². The summed E-state index contributed by atoms with van der Waals surface area (Å²) in [5.74, 6) is 0.0666. The van der Waals surface area contributed by atoms with Crippen molar-refractivity contribution in [3.63, 3.8) is 0 Å². The molecule has 0 aliphatic carbocycles. The first-order chi connectivity index (χ1) is 8.26. The summed E-state index contributed by atoms with van der Waals surface area (Å²) in [6, 6.07) is 7.74. The quantitative estimate of drug-likeness (QED) is 0.706. The molecule has 0 radical (unpaired) electrons. The maximum absolute atomic E-state index is 11.3. The Morgan fingerprint density at radius 3 is 2.53 bits per heavy atom. The molecule has 0 saturated heterocycles. The zero-order chi connectivity index (χ0) is 12.5. The van der Waals surface area contributed by atoms with Gasteiger partial charge in [0.1, 0.15) is 0 Å². The number of aliphatic hydroxyl groups is 1. The highest BCUT2D eigenvalue weighted by Gasteiger charge is 1.99. The van der Waals surface area contributed by atoms with Crippen molar-refractivity contribution in [3.05, 3.63) is 48.0 Å². The van der Waals surface area contributed by atoms with Crippen molar-refractivity contribution in [2.45, 2.75) is 25.9 Å². The highest BCUT2D eigenvalue weighted by molar-refractivity contribution is 5.75. The Labute approximate surface area is 102 Å². The lowest BCUT2D eigenvalue weighted by molar-refractivity contribution is -0.120. The predicted octanol–water partition coefficient (Wildman–Crippen LogP) is 1.80. The molecule has 0 atom stereocenters. The van der Waals surface area contributed by atoms with Gasteiger partial charge in [-0.2, -0.15) is 0 Å². The number of rotatable bonds is 7. The summed E-state index contributed by atoms with van der Waals surface area (Å²) < 4.78 is 0. The van der Waals surface area contributed by atoms with E-state index in [4.69, 9.17) is 5.11 Å². The van der Waals surface area contributed by atoms with E-state index in [0.29, 0.717) is 13.0 Å². The number of amides is 1. The average Bonchev–Trinajstić information content (AvgIpc) is 2.37. The van der Waals surface area contributed by atoms with Gasteiger partial charge in [-0.25, -0.2) is 0 Å². The zero-order valence-corrected chi connectivity index (χ0v) is 9.98. The Morgan fingerprint density at radius 2 is 1.94 bits per heavy atom. The van der Waals surface area contributed by atoms with Crippen molar-refractivity contribution in [1.82, 2.24) is 5.32 Å². The SMILES string of the molecule is C=CCCC(=O)NCCc1ccc(CO)cc1. The molecule has 0 fully saturated rings. The molecule has 1 aromatic rings. The van der Waals surface area contributed by atoms with Crippen LogP contribution in [-0.2, 0) is 17.8 Å². The van der Waals surface area contributed by atoms with E-state index in [1.165, 1.54) is 0 Å². The van der Waals surface area contributed by atoms with Crippen LogP contribution in [0, 0.1) is 0 Å². The number of carbonyl (C=O) groups excluding carboxylic acids is 1. The molecule has 2 N–H and O–H groups in total. The molecule has 0 aliphatic heterocycles. The Balaban J connectivity index is 2.25. The monoisotopic (exact) mass is 233 g/mol. The molecule has 0 heterocycles. The highest BCUT2D eigenvalue weighted by atomic mass is 16.3. The molecule has 0 unspecified atom stereocenters. The van der Waals surface area contributed by atoms with E-state index in [0.717, 1.165) is 24.0 Å². The zero-order valence-electron chi connectivity index (χ0n) is 9.98. The Morgan fingerprint density at radius 1 is 1.29 bits per heavy atom. The second-order valence-corrected chi connectivity index (χ2v) is 3.90. The van der Waals surface area contributed by atoms with Gasteiger partial charge in [-0.15, -0.1) is 6.58 Å². The molecule has 0 spiro atoms. The third kappa shape index (κ3) is 5.31. The van der Waals surface area contributed by atoms with E-state index < -0.39 is 0 Å². The van der Waals surface area contributed by atoms with Crippen molar-refractivity contribution in [2.75, 3.05) is 6.54 Å². The van der Waals surface area contributed by atoms with Gasteiger partial charge in [0.15, 0.2) is 0 Å². The first-order valence-electron chi connectivity index (χ1n) is 5.82. The Kier molecular flexibility index (Phi) is 6.04. The molecule has 1 rings (SSSR count). The van der Waals surface area contributed by atoms with Gasteiger partial charge in [0.2, 0.25) is 5.91 Å². The number of aliphatic hydroxyl groups excluding tert-OH is 1. The maximum atomic E-state index is 11.3. The van der Waals surface area contributed by atoms with E-state index in [1.807, 2.05) is 24.3 Å². The van der Waals surface area contributed by atoms with E-state index in [9.17, 15) is 4.79 Å². The molecular formula is C14H19NO2. The van der Waals surface area contributed by atoms with Gasteiger partial charge in [-0.3, -0.25) is 4.79 Å². The molecule has 0 aliphatic rings. The van der Waals surface area contributed by atoms with Gasteiger partial charge in [0, 0.05) is 13.0 Å². The van der Waals surface area contributed by atoms with Gasteiger partial charge in [-0.1, -0.05) is 30.3 Å². The van der Waals surface area contributed by atoms with Crippen LogP contribution in [0.25, 0.3) is 0 Å². The maximum Gasteiger partial charge on any atom is 0.220 e. The minimum absolute atomic E-state index is 0.0666. The highest BCUT2D eigenvalue weighted by Crippen LogP contribution is 2.04. The Bertz CT molecular complexity index is 357. The fraction of sp³-hybridized carbons (Fsp3) is 0.357. The third-order valence-corrected chi connectivity index (χ3v) is 2.52. The summed E-state index contributed by atoms with van der Waals surface area (Å²) in [4.78, 5) is 11.3. The molecule has 92 valence electrons. The predicted molar refractivity (Wildman–Crippen MR) is 68.5 cm³/mol. The number of nitrogens with one attached hydrogen (secondary N) is 1. The van der Waals surface area contributed by atoms with Crippen LogP contribution in [0.15, 0.2) is 36.9 Å². The fourth-order valence-electron chi connectivity index (χ4n) is 1.48. The number of benzene rings is 1. The molecule has 1 amide bonds. The van der Waals surface area contributed by atoms with Gasteiger partial charge >= 0.3 is 0 Å². The summed E-state index contributed by atoms with van der Waals surface area (Å²) in [7, 11) is 0. The second-order valence-electron chi connectivity index (χ2n) is 3.90. The van der Waals surface area contributed by atoms with E-state index in [-0.39, 0.29) is 12.5 Å². The van der Waals surface area contributed by atoms with Crippen LogP contribution in [0.2, 0.25) is 0 Å². The molecule has 1 aromatic carbocycles. The molecule has 17 heavy (non-hydrogen) atoms. The van der Waals surface area contributed by atoms with Crippen LogP contribution in [0.5, 0.6) is 0 Å². The molecule has 0 aromatic heterocycles. The van der Waals surface area contributed by atoms with Crippen LogP contribution >= 0.6 is 0 Å². The first-order valence-corrected chi connectivity index (χ1v) is 5.82. The van der Waals surface area contributed by atoms with Crippen molar-refractivity contribution >= 4 is 5.91 Å². The molecule has 3 nitrogen and oxygen atoms in total.